The van der Waals surface area contributed by atoms with Crippen molar-refractivity contribution in [1.29, 1.82) is 0 Å². The number of nitrogens with zero attached hydrogens (tertiary/aromatic N) is 3. The monoisotopic (exact) mass is 366 g/mol. The van der Waals surface area contributed by atoms with Crippen molar-refractivity contribution in [3.05, 3.63) is 66.0 Å². The molecule has 0 saturated heterocycles. The van der Waals surface area contributed by atoms with Gasteiger partial charge in [-0.25, -0.2) is 0 Å². The molecule has 0 fully saturated rings. The predicted molar refractivity (Wildman–Crippen MR) is 105 cm³/mol. The summed E-state index contributed by atoms with van der Waals surface area (Å²) in [5.74, 6) is 1.56. The smallest absolute Gasteiger partial charge is 0.251 e. The van der Waals surface area contributed by atoms with Crippen molar-refractivity contribution in [3.63, 3.8) is 0 Å². The number of amides is 1. The van der Waals surface area contributed by atoms with Crippen molar-refractivity contribution in [3.8, 4) is 11.1 Å². The molecule has 0 spiro atoms. The van der Waals surface area contributed by atoms with E-state index in [2.05, 4.69) is 34.6 Å². The van der Waals surface area contributed by atoms with Gasteiger partial charge in [-0.15, -0.1) is 10.2 Å². The Morgan fingerprint density at radius 2 is 1.73 bits per heavy atom. The lowest BCUT2D eigenvalue weighted by molar-refractivity contribution is 0.0937. The van der Waals surface area contributed by atoms with Crippen LogP contribution in [0.5, 0.6) is 0 Å². The second-order valence-corrected chi connectivity index (χ2v) is 7.20. The molecule has 3 aromatic rings. The van der Waals surface area contributed by atoms with Crippen LogP contribution in [0.4, 0.5) is 0 Å². The van der Waals surface area contributed by atoms with Crippen molar-refractivity contribution in [1.82, 2.24) is 20.1 Å². The Morgan fingerprint density at radius 3 is 2.38 bits per heavy atom. The number of benzene rings is 2. The summed E-state index contributed by atoms with van der Waals surface area (Å²) < 4.78 is 1.93. The molecular weight excluding hydrogens is 344 g/mol. The van der Waals surface area contributed by atoms with Gasteiger partial charge in [-0.1, -0.05) is 61.2 Å². The lowest BCUT2D eigenvalue weighted by Crippen LogP contribution is -2.28. The molecule has 1 atom stereocenters. The Kier molecular flexibility index (Phi) is 5.73. The minimum Gasteiger partial charge on any atom is -0.342 e. The summed E-state index contributed by atoms with van der Waals surface area (Å²) in [6, 6.07) is 17.5. The summed E-state index contributed by atoms with van der Waals surface area (Å²) in [5, 5.41) is 12.2. The molecule has 6 heteroatoms. The van der Waals surface area contributed by atoms with Gasteiger partial charge in [0.05, 0.1) is 6.04 Å². The number of rotatable bonds is 6. The zero-order valence-corrected chi connectivity index (χ0v) is 16.0. The molecule has 2 aromatic carbocycles. The second-order valence-electron chi connectivity index (χ2n) is 5.97. The largest absolute Gasteiger partial charge is 0.342 e. The molecule has 0 unspecified atom stereocenters. The minimum atomic E-state index is -0.222. The number of thioether (sulfide) groups is 1. The van der Waals surface area contributed by atoms with Crippen LogP contribution in [0.1, 0.15) is 36.1 Å². The first-order valence-corrected chi connectivity index (χ1v) is 9.57. The average molecular weight is 366 g/mol. The van der Waals surface area contributed by atoms with Gasteiger partial charge in [0.25, 0.3) is 5.91 Å². The van der Waals surface area contributed by atoms with Gasteiger partial charge in [-0.3, -0.25) is 4.79 Å². The fourth-order valence-corrected chi connectivity index (χ4v) is 3.39. The van der Waals surface area contributed by atoms with E-state index < -0.39 is 0 Å². The van der Waals surface area contributed by atoms with Crippen LogP contribution in [0.2, 0.25) is 0 Å². The van der Waals surface area contributed by atoms with E-state index in [0.717, 1.165) is 27.9 Å². The van der Waals surface area contributed by atoms with Crippen molar-refractivity contribution in [2.45, 2.75) is 25.0 Å². The molecule has 0 saturated carbocycles. The quantitative estimate of drug-likeness (QED) is 0.668. The highest BCUT2D eigenvalue weighted by atomic mass is 32.2. The van der Waals surface area contributed by atoms with E-state index in [0.29, 0.717) is 5.56 Å². The maximum absolute atomic E-state index is 12.5. The molecular formula is C20H22N4OS. The summed E-state index contributed by atoms with van der Waals surface area (Å²) in [7, 11) is 1.92. The number of hydrogen-bond acceptors (Lipinski definition) is 4. The Balaban J connectivity index is 1.70. The summed E-state index contributed by atoms with van der Waals surface area (Å²) in [6.45, 7) is 3.99. The van der Waals surface area contributed by atoms with Crippen molar-refractivity contribution < 1.29 is 4.79 Å². The number of hydrogen-bond donors (Lipinski definition) is 1. The highest BCUT2D eigenvalue weighted by Crippen LogP contribution is 2.21. The Labute approximate surface area is 157 Å². The standard InChI is InChI=1S/C20H22N4OS/c1-4-26-20-23-22-18(24(20)3)14(2)21-19(25)17-12-10-16(11-13-17)15-8-6-5-7-9-15/h5-14H,4H2,1-3H3,(H,21,25)/t14-/m1/s1. The zero-order chi connectivity index (χ0) is 18.5. The van der Waals surface area contributed by atoms with Crippen molar-refractivity contribution in [2.24, 2.45) is 7.05 Å². The zero-order valence-electron chi connectivity index (χ0n) is 15.1. The maximum atomic E-state index is 12.5. The second kappa shape index (κ2) is 8.19. The van der Waals surface area contributed by atoms with Crippen LogP contribution in [0.3, 0.4) is 0 Å². The van der Waals surface area contributed by atoms with Gasteiger partial charge in [-0.2, -0.15) is 0 Å². The normalized spacial score (nSPS) is 12.0. The third-order valence-corrected chi connectivity index (χ3v) is 5.03. The van der Waals surface area contributed by atoms with Gasteiger partial charge < -0.3 is 9.88 Å². The topological polar surface area (TPSA) is 59.8 Å². The van der Waals surface area contributed by atoms with Gasteiger partial charge in [0.2, 0.25) is 0 Å². The van der Waals surface area contributed by atoms with E-state index in [1.165, 1.54) is 0 Å². The minimum absolute atomic E-state index is 0.121. The Morgan fingerprint density at radius 1 is 1.08 bits per heavy atom. The third kappa shape index (κ3) is 3.96. The molecule has 0 aliphatic carbocycles. The lowest BCUT2D eigenvalue weighted by atomic mass is 10.0. The van der Waals surface area contributed by atoms with Gasteiger partial charge in [0.1, 0.15) is 0 Å². The average Bonchev–Trinajstić information content (AvgIpc) is 3.03. The molecule has 1 heterocycles. The predicted octanol–water partition coefficient (Wildman–Crippen LogP) is 4.09. The van der Waals surface area contributed by atoms with Gasteiger partial charge >= 0.3 is 0 Å². The molecule has 26 heavy (non-hydrogen) atoms. The summed E-state index contributed by atoms with van der Waals surface area (Å²) >= 11 is 1.63. The number of nitrogens with one attached hydrogen (secondary N) is 1. The highest BCUT2D eigenvalue weighted by Gasteiger charge is 2.18. The van der Waals surface area contributed by atoms with Crippen LogP contribution < -0.4 is 5.32 Å². The van der Waals surface area contributed by atoms with Crippen molar-refractivity contribution in [2.75, 3.05) is 5.75 Å². The van der Waals surface area contributed by atoms with E-state index >= 15 is 0 Å². The molecule has 0 bridgehead atoms. The Hall–Kier alpha value is -2.60. The number of aromatic nitrogens is 3. The fraction of sp³-hybridized carbons (Fsp3) is 0.250. The summed E-state index contributed by atoms with van der Waals surface area (Å²) in [6.07, 6.45) is 0. The molecule has 1 aromatic heterocycles. The summed E-state index contributed by atoms with van der Waals surface area (Å²) in [4.78, 5) is 12.5. The van der Waals surface area contributed by atoms with Crippen LogP contribution in [-0.2, 0) is 7.05 Å². The van der Waals surface area contributed by atoms with Gasteiger partial charge in [-0.05, 0) is 35.9 Å². The SMILES string of the molecule is CCSc1nnc([C@@H](C)NC(=O)c2ccc(-c3ccccc3)cc2)n1C. The number of carbonyl (C=O) groups excluding carboxylic acids is 1. The third-order valence-electron chi connectivity index (χ3n) is 4.13. The highest BCUT2D eigenvalue weighted by molar-refractivity contribution is 7.99. The first-order valence-electron chi connectivity index (χ1n) is 8.58. The molecule has 0 aliphatic rings. The van der Waals surface area contributed by atoms with E-state index in [1.807, 2.05) is 61.0 Å². The molecule has 1 amide bonds. The van der Waals surface area contributed by atoms with Gasteiger partial charge in [0, 0.05) is 12.6 Å². The molecule has 3 rings (SSSR count). The summed E-state index contributed by atoms with van der Waals surface area (Å²) in [5.41, 5.74) is 2.85. The van der Waals surface area contributed by atoms with Crippen molar-refractivity contribution >= 4 is 17.7 Å². The Bertz CT molecular complexity index is 875. The van der Waals surface area contributed by atoms with E-state index in [4.69, 9.17) is 0 Å². The van der Waals surface area contributed by atoms with E-state index in [-0.39, 0.29) is 11.9 Å². The van der Waals surface area contributed by atoms with Crippen LogP contribution in [0.15, 0.2) is 59.8 Å². The molecule has 5 nitrogen and oxygen atoms in total. The molecule has 1 N–H and O–H groups in total. The van der Waals surface area contributed by atoms with E-state index in [1.54, 1.807) is 11.8 Å². The van der Waals surface area contributed by atoms with Crippen LogP contribution in [0, 0.1) is 0 Å². The van der Waals surface area contributed by atoms with E-state index in [9.17, 15) is 4.79 Å². The molecule has 0 radical (unpaired) electrons. The molecule has 0 aliphatic heterocycles. The fourth-order valence-electron chi connectivity index (χ4n) is 2.75. The number of carbonyl (C=O) groups is 1. The van der Waals surface area contributed by atoms with Crippen LogP contribution in [-0.4, -0.2) is 26.4 Å². The van der Waals surface area contributed by atoms with Crippen LogP contribution >= 0.6 is 11.8 Å². The first-order chi connectivity index (χ1) is 12.6. The lowest BCUT2D eigenvalue weighted by Gasteiger charge is -2.14. The first kappa shape index (κ1) is 18.2. The van der Waals surface area contributed by atoms with Crippen LogP contribution in [0.25, 0.3) is 11.1 Å². The molecule has 134 valence electrons. The maximum Gasteiger partial charge on any atom is 0.251 e. The van der Waals surface area contributed by atoms with Gasteiger partial charge in [0.15, 0.2) is 11.0 Å².